The van der Waals surface area contributed by atoms with Crippen molar-refractivity contribution in [3.63, 3.8) is 0 Å². The van der Waals surface area contributed by atoms with E-state index in [9.17, 15) is 56.5 Å². The number of rotatable bonds is 15. The molecule has 0 unspecified atom stereocenters. The Morgan fingerprint density at radius 3 is 1.99 bits per heavy atom. The number of halogens is 4. The summed E-state index contributed by atoms with van der Waals surface area (Å²) in [6, 6.07) is 10.3. The van der Waals surface area contributed by atoms with Gasteiger partial charge in [0.25, 0.3) is 5.91 Å². The Bertz CT molecular complexity index is 3110. The molecule has 342 valence electrons. The molecule has 1 amide bonds. The summed E-state index contributed by atoms with van der Waals surface area (Å²) < 4.78 is 149. The third-order valence-electron chi connectivity index (χ3n) is 7.29. The Labute approximate surface area is 472 Å². The van der Waals surface area contributed by atoms with Gasteiger partial charge in [0.2, 0.25) is 10.4 Å². The van der Waals surface area contributed by atoms with Crippen LogP contribution in [-0.4, -0.2) is 91.2 Å². The fourth-order valence-electron chi connectivity index (χ4n) is 4.63. The number of nitrogens with zero attached hydrogens (tertiary/aromatic N) is 8. The average Bonchev–Trinajstić information content (AvgIpc) is 3.16. The summed E-state index contributed by atoms with van der Waals surface area (Å²) >= 11 is 1.48. The van der Waals surface area contributed by atoms with Crippen molar-refractivity contribution < 1.29 is 166 Å². The molecule has 0 saturated carbocycles. The van der Waals surface area contributed by atoms with E-state index in [-0.39, 0.29) is 129 Å². The van der Waals surface area contributed by atoms with Gasteiger partial charge in [0.05, 0.1) is 62.1 Å². The molecule has 0 atom stereocenters. The van der Waals surface area contributed by atoms with Crippen molar-refractivity contribution in [1.29, 1.82) is 0 Å². The molecule has 67 heavy (non-hydrogen) atoms. The average molecular weight is 1280 g/mol. The molecule has 0 spiro atoms. The second-order valence-corrected chi connectivity index (χ2v) is 28.8. The fourth-order valence-corrected chi connectivity index (χ4v) is 7.32. The summed E-state index contributed by atoms with van der Waals surface area (Å²) in [6.07, 6.45) is 1.27. The third kappa shape index (κ3) is 20.1. The fraction of sp³-hybridized carbons (Fsp3) is 0.100. The molecule has 5 rings (SSSR count). The zero-order valence-corrected chi connectivity index (χ0v) is 49.0. The van der Waals surface area contributed by atoms with Crippen LogP contribution in [0.4, 0.5) is 50.2 Å². The summed E-state index contributed by atoms with van der Waals surface area (Å²) in [5, 5.41) is 17.6. The summed E-state index contributed by atoms with van der Waals surface area (Å²) in [4.78, 5) is 22.3. The topological polar surface area (TPSA) is 414 Å². The first kappa shape index (κ1) is 65.3. The second-order valence-electron chi connectivity index (χ2n) is 11.8. The Kier molecular flexibility index (Phi) is 27.0. The van der Waals surface area contributed by atoms with Gasteiger partial charge in [-0.3, -0.25) is 8.98 Å². The maximum atomic E-state index is 14.5. The minimum atomic E-state index is -5.40. The van der Waals surface area contributed by atoms with Crippen LogP contribution in [0.1, 0.15) is 10.4 Å². The number of nitrogens with one attached hydrogen (secondary N) is 1. The first-order valence-corrected chi connectivity index (χ1v) is 31.7. The van der Waals surface area contributed by atoms with Crippen LogP contribution in [0.5, 0.6) is 0 Å². The zero-order valence-electron chi connectivity index (χ0n) is 34.7. The number of sulfone groups is 1. The predicted octanol–water partition coefficient (Wildman–Crippen LogP) is -9.24. The molecule has 0 fully saturated rings. The minimum absolute atomic E-state index is 0. The maximum absolute atomic E-state index is 14.5. The van der Waals surface area contributed by atoms with E-state index in [1.54, 1.807) is 0 Å². The molecule has 2 aromatic heterocycles. The van der Waals surface area contributed by atoms with E-state index >= 15 is 0 Å². The van der Waals surface area contributed by atoms with Crippen molar-refractivity contribution in [1.82, 2.24) is 15.0 Å². The van der Waals surface area contributed by atoms with E-state index in [0.29, 0.717) is 6.07 Å². The van der Waals surface area contributed by atoms with E-state index in [1.807, 2.05) is 0 Å². The smallest absolute Gasteiger partial charge is 1.00 e. The number of nitrogens with two attached hydrogens (primary N) is 3. The monoisotopic (exact) mass is 1280 g/mol. The van der Waals surface area contributed by atoms with Gasteiger partial charge in [0.15, 0.2) is 9.84 Å². The minimum Gasteiger partial charge on any atom is -1.00 e. The number of aromatic nitrogens is 4. The first-order valence-electron chi connectivity index (χ1n) is 16.2. The third-order valence-corrected chi connectivity index (χ3v) is 11.2. The van der Waals surface area contributed by atoms with E-state index in [4.69, 9.17) is 22.9 Å². The molecule has 5 aromatic rings. The van der Waals surface area contributed by atoms with Crippen molar-refractivity contribution >= 4 is 132 Å². The van der Waals surface area contributed by atoms with E-state index in [0.717, 1.165) is 47.0 Å². The number of azo groups is 2. The van der Waals surface area contributed by atoms with Crippen LogP contribution in [0.2, 0.25) is 0 Å². The largest absolute Gasteiger partial charge is 1.00 e. The van der Waals surface area contributed by atoms with Crippen molar-refractivity contribution in [2.45, 2.75) is 14.7 Å². The SMILES string of the molecule is NC(=O)c1ccc[n+](-c2nc(F)nc(Nc3ccc(S(=O)(=O)[O-])c(N=Nc4cc(S(=O)(=O)[O-])c(N)c(N=Nc5ccc(S(=O)(=O)CCOS(=O)(=O)[O-])cc5)c4N)c3)n2)c1.[B]I(C)I.[Cl-].[Na+].[Na+].[Na+]. The molecule has 0 saturated heterocycles. The standard InChI is InChI=1S/C29H25FN12O13S4.CH3BI2.ClH.3Na/c30-27-35-28(37-29(36-27)42-9-1-2-15(14-42)26(33)43)34-17-5-8-21(57(46,47)48)19(12-17)39-40-20-13-22(58(49,50)51)24(32)25(23(20)31)41-38-16-3-6-18(7-4-16)56(44,45)11-10-55-59(52,53)54;1-4(2)3;;;;/h1-9,12-14H,10-11H2,(H9-,31,32,33,34,35,36,37,38,39,43,46,47,48,49,50,51,52,53,54);1H3;1H;;;/q;;;3*+1/p-3. The van der Waals surface area contributed by atoms with Crippen LogP contribution >= 0.6 is 34.2 Å². The van der Waals surface area contributed by atoms with Crippen LogP contribution < -0.4 is 128 Å². The zero-order chi connectivity index (χ0) is 47.1. The van der Waals surface area contributed by atoms with Gasteiger partial charge in [-0.25, -0.2) is 38.2 Å². The molecule has 0 aliphatic carbocycles. The van der Waals surface area contributed by atoms with Gasteiger partial charge in [-0.2, -0.15) is 5.11 Å². The van der Waals surface area contributed by atoms with Crippen molar-refractivity contribution in [2.75, 3.05) is 34.1 Å². The van der Waals surface area contributed by atoms with Crippen LogP contribution in [0.25, 0.3) is 5.95 Å². The molecule has 3 aromatic carbocycles. The van der Waals surface area contributed by atoms with Crippen LogP contribution in [-0.2, 0) is 44.7 Å². The molecule has 2 radical (unpaired) electrons. The maximum Gasteiger partial charge on any atom is 1.00 e. The molecular weight excluding hydrogens is 1250 g/mol. The number of benzene rings is 3. The molecule has 0 bridgehead atoms. The molecule has 2 heterocycles. The number of carbonyl (C=O) groups is 1. The molecule has 37 heteroatoms. The molecule has 25 nitrogen and oxygen atoms in total. The number of hydrogen-bond acceptors (Lipinski definition) is 23. The quantitative estimate of drug-likeness (QED) is 0.0111. The van der Waals surface area contributed by atoms with Gasteiger partial charge < -0.3 is 48.6 Å². The van der Waals surface area contributed by atoms with Crippen molar-refractivity contribution in [3.05, 3.63) is 84.7 Å². The van der Waals surface area contributed by atoms with Crippen molar-refractivity contribution in [2.24, 2.45) is 26.2 Å². The number of carbonyl (C=O) groups excluding carboxylic acids is 1. The van der Waals surface area contributed by atoms with Gasteiger partial charge >= 0.3 is 152 Å². The Morgan fingerprint density at radius 2 is 1.43 bits per heavy atom. The molecular formula is C30H26BClFI2N12Na3O13S4. The predicted molar refractivity (Wildman–Crippen MR) is 233 cm³/mol. The van der Waals surface area contributed by atoms with Crippen LogP contribution in [0, 0.1) is 6.08 Å². The Morgan fingerprint density at radius 1 is 0.851 bits per heavy atom. The summed E-state index contributed by atoms with van der Waals surface area (Å²) in [6.45, 7) is -0.956. The molecule has 0 aliphatic heterocycles. The van der Waals surface area contributed by atoms with Gasteiger partial charge in [-0.05, 0) is 70.6 Å². The Hall–Kier alpha value is -1.73. The van der Waals surface area contributed by atoms with Gasteiger partial charge in [-0.1, -0.05) is 0 Å². The number of hydrogen-bond donors (Lipinski definition) is 4. The number of pyridine rings is 1. The molecule has 0 aliphatic rings. The number of primary amides is 1. The van der Waals surface area contributed by atoms with Gasteiger partial charge in [0.1, 0.15) is 37.3 Å². The number of anilines is 4. The number of alkyl halides is 1. The van der Waals surface area contributed by atoms with E-state index in [2.05, 4.69) is 68.5 Å². The second kappa shape index (κ2) is 27.8. The Balaban J connectivity index is 0.00000523. The number of amides is 1. The first-order chi connectivity index (χ1) is 29.1. The van der Waals surface area contributed by atoms with Crippen LogP contribution in [0.3, 0.4) is 0 Å². The van der Waals surface area contributed by atoms with E-state index < -0.39 is 125 Å². The summed E-state index contributed by atoms with van der Waals surface area (Å²) in [7, 11) is -20.0. The van der Waals surface area contributed by atoms with Crippen molar-refractivity contribution in [3.8, 4) is 5.95 Å². The van der Waals surface area contributed by atoms with Gasteiger partial charge in [-0.15, -0.1) is 24.7 Å². The van der Waals surface area contributed by atoms with E-state index in [1.165, 1.54) is 24.5 Å². The molecule has 7 N–H and O–H groups in total. The normalized spacial score (nSPS) is 11.8. The van der Waals surface area contributed by atoms with Crippen LogP contribution in [0.15, 0.2) is 108 Å². The van der Waals surface area contributed by atoms with Gasteiger partial charge in [0, 0.05) is 5.69 Å². The summed E-state index contributed by atoms with van der Waals surface area (Å²) in [5.74, 6) is -2.48. The summed E-state index contributed by atoms with van der Waals surface area (Å²) in [5.41, 5.74) is 18.9. The number of nitrogen functional groups attached to an aromatic ring is 2.